The minimum Gasteiger partial charge on any atom is -0.279 e. The Morgan fingerprint density at radius 2 is 1.93 bits per heavy atom. The van der Waals surface area contributed by atoms with E-state index in [9.17, 15) is 4.79 Å². The molecule has 0 bridgehead atoms. The number of fused-ring (bicyclic) bond motifs is 2. The maximum Gasteiger partial charge on any atom is 0.260 e. The van der Waals surface area contributed by atoms with E-state index >= 15 is 0 Å². The van der Waals surface area contributed by atoms with Gasteiger partial charge in [0.2, 0.25) is 0 Å². The molecule has 5 heteroatoms. The number of para-hydroxylation sites is 1. The number of anilines is 1. The van der Waals surface area contributed by atoms with Crippen LogP contribution >= 0.6 is 11.3 Å². The number of pyridine rings is 1. The van der Waals surface area contributed by atoms with Gasteiger partial charge in [-0.05, 0) is 79.1 Å². The minimum absolute atomic E-state index is 0.0102. The average molecular weight is 414 g/mol. The minimum atomic E-state index is -0.0102. The van der Waals surface area contributed by atoms with Gasteiger partial charge >= 0.3 is 0 Å². The highest BCUT2D eigenvalue weighted by Gasteiger charge is 2.23. The quantitative estimate of drug-likeness (QED) is 0.429. The summed E-state index contributed by atoms with van der Waals surface area (Å²) in [6.45, 7) is 2.51. The number of rotatable bonds is 4. The van der Waals surface area contributed by atoms with E-state index in [0.717, 1.165) is 44.9 Å². The highest BCUT2D eigenvalue weighted by molar-refractivity contribution is 7.22. The van der Waals surface area contributed by atoms with E-state index < -0.39 is 0 Å². The third-order valence-corrected chi connectivity index (χ3v) is 6.79. The van der Waals surface area contributed by atoms with Crippen molar-refractivity contribution in [3.05, 3.63) is 88.7 Å². The molecule has 4 aromatic rings. The van der Waals surface area contributed by atoms with Crippen LogP contribution in [0.2, 0.25) is 0 Å². The lowest BCUT2D eigenvalue weighted by molar-refractivity contribution is 0.0985. The number of aryl methyl sites for hydroxylation is 3. The van der Waals surface area contributed by atoms with Gasteiger partial charge in [0, 0.05) is 18.0 Å². The lowest BCUT2D eigenvalue weighted by Gasteiger charge is -2.22. The van der Waals surface area contributed by atoms with Gasteiger partial charge in [0.15, 0.2) is 5.13 Å². The Labute approximate surface area is 180 Å². The van der Waals surface area contributed by atoms with Crippen molar-refractivity contribution in [1.29, 1.82) is 0 Å². The first kappa shape index (κ1) is 18.9. The van der Waals surface area contributed by atoms with Crippen LogP contribution in [0.5, 0.6) is 0 Å². The van der Waals surface area contributed by atoms with E-state index in [1.54, 1.807) is 22.4 Å². The van der Waals surface area contributed by atoms with Gasteiger partial charge in [-0.1, -0.05) is 35.6 Å². The summed E-state index contributed by atoms with van der Waals surface area (Å²) in [7, 11) is 0. The van der Waals surface area contributed by atoms with Crippen LogP contribution < -0.4 is 4.90 Å². The molecule has 0 atom stereocenters. The second-order valence-corrected chi connectivity index (χ2v) is 8.87. The summed E-state index contributed by atoms with van der Waals surface area (Å²) in [5, 5.41) is 0.728. The first-order valence-electron chi connectivity index (χ1n) is 10.4. The molecule has 2 aromatic carbocycles. The Balaban J connectivity index is 1.56. The molecule has 0 saturated carbocycles. The van der Waals surface area contributed by atoms with Crippen LogP contribution in [0.15, 0.2) is 60.9 Å². The topological polar surface area (TPSA) is 46.1 Å². The summed E-state index contributed by atoms with van der Waals surface area (Å²) in [6.07, 6.45) is 8.16. The number of amides is 1. The van der Waals surface area contributed by atoms with Crippen LogP contribution in [0.4, 0.5) is 5.13 Å². The van der Waals surface area contributed by atoms with Crippen LogP contribution in [0.25, 0.3) is 10.2 Å². The van der Waals surface area contributed by atoms with Crippen molar-refractivity contribution in [3.63, 3.8) is 0 Å². The van der Waals surface area contributed by atoms with Crippen LogP contribution in [-0.2, 0) is 19.4 Å². The maximum absolute atomic E-state index is 13.7. The van der Waals surface area contributed by atoms with E-state index in [4.69, 9.17) is 4.98 Å². The molecule has 2 heterocycles. The smallest absolute Gasteiger partial charge is 0.260 e. The summed E-state index contributed by atoms with van der Waals surface area (Å²) < 4.78 is 1.10. The zero-order valence-electron chi connectivity index (χ0n) is 17.0. The number of aromatic nitrogens is 2. The molecule has 1 amide bonds. The summed E-state index contributed by atoms with van der Waals surface area (Å²) in [5.41, 5.74) is 6.50. The van der Waals surface area contributed by atoms with Crippen molar-refractivity contribution < 1.29 is 4.79 Å². The molecule has 5 rings (SSSR count). The molecule has 2 aromatic heterocycles. The first-order valence-corrected chi connectivity index (χ1v) is 11.2. The molecule has 0 unspecified atom stereocenters. The Morgan fingerprint density at radius 3 is 2.73 bits per heavy atom. The van der Waals surface area contributed by atoms with Crippen molar-refractivity contribution in [2.24, 2.45) is 0 Å². The SMILES string of the molecule is Cc1cccc2sc(N(Cc3cccnc3)C(=O)c3ccc4c(c3)CCCC4)nc12. The monoisotopic (exact) mass is 413 g/mol. The van der Waals surface area contributed by atoms with Crippen LogP contribution in [0.1, 0.15) is 45.5 Å². The molecule has 0 saturated heterocycles. The fourth-order valence-electron chi connectivity index (χ4n) is 4.11. The van der Waals surface area contributed by atoms with Crippen molar-refractivity contribution in [2.45, 2.75) is 39.2 Å². The van der Waals surface area contributed by atoms with Gasteiger partial charge in [-0.2, -0.15) is 0 Å². The molecule has 0 aliphatic heterocycles. The largest absolute Gasteiger partial charge is 0.279 e. The zero-order valence-corrected chi connectivity index (χ0v) is 17.8. The van der Waals surface area contributed by atoms with E-state index in [0.29, 0.717) is 6.54 Å². The lowest BCUT2D eigenvalue weighted by atomic mass is 9.90. The second-order valence-electron chi connectivity index (χ2n) is 7.86. The molecular formula is C25H23N3OS. The van der Waals surface area contributed by atoms with Gasteiger partial charge in [0.1, 0.15) is 0 Å². The number of thiazole rings is 1. The number of hydrogen-bond donors (Lipinski definition) is 0. The molecule has 4 nitrogen and oxygen atoms in total. The van der Waals surface area contributed by atoms with Crippen LogP contribution in [0.3, 0.4) is 0 Å². The summed E-state index contributed by atoms with van der Waals surface area (Å²) >= 11 is 1.56. The van der Waals surface area contributed by atoms with Gasteiger partial charge < -0.3 is 0 Å². The zero-order chi connectivity index (χ0) is 20.5. The fourth-order valence-corrected chi connectivity index (χ4v) is 5.15. The molecule has 0 fully saturated rings. The van der Waals surface area contributed by atoms with Gasteiger partial charge in [0.25, 0.3) is 5.91 Å². The Hall–Kier alpha value is -3.05. The molecule has 150 valence electrons. The third kappa shape index (κ3) is 3.61. The van der Waals surface area contributed by atoms with Crippen molar-refractivity contribution in [3.8, 4) is 0 Å². The first-order chi connectivity index (χ1) is 14.7. The maximum atomic E-state index is 13.7. The van der Waals surface area contributed by atoms with Crippen molar-refractivity contribution in [2.75, 3.05) is 4.90 Å². The number of carbonyl (C=O) groups is 1. The Bertz CT molecular complexity index is 1220. The Morgan fingerprint density at radius 1 is 1.07 bits per heavy atom. The predicted octanol–water partition coefficient (Wildman–Crippen LogP) is 5.73. The van der Waals surface area contributed by atoms with Crippen LogP contribution in [-0.4, -0.2) is 15.9 Å². The molecule has 0 spiro atoms. The van der Waals surface area contributed by atoms with E-state index in [1.807, 2.05) is 30.5 Å². The second kappa shape index (κ2) is 8.00. The van der Waals surface area contributed by atoms with E-state index in [1.165, 1.54) is 24.0 Å². The highest BCUT2D eigenvalue weighted by Crippen LogP contribution is 2.33. The van der Waals surface area contributed by atoms with Gasteiger partial charge in [-0.25, -0.2) is 4.98 Å². The molecule has 0 N–H and O–H groups in total. The molecule has 1 aliphatic rings. The van der Waals surface area contributed by atoms with Gasteiger partial charge in [-0.3, -0.25) is 14.7 Å². The van der Waals surface area contributed by atoms with Crippen molar-refractivity contribution >= 4 is 32.6 Å². The van der Waals surface area contributed by atoms with Gasteiger partial charge in [0.05, 0.1) is 16.8 Å². The third-order valence-electron chi connectivity index (χ3n) is 5.74. The summed E-state index contributed by atoms with van der Waals surface area (Å²) in [4.78, 5) is 24.5. The number of carbonyl (C=O) groups excluding carboxylic acids is 1. The van der Waals surface area contributed by atoms with E-state index in [-0.39, 0.29) is 5.91 Å². The van der Waals surface area contributed by atoms with E-state index in [2.05, 4.69) is 36.2 Å². The molecular weight excluding hydrogens is 390 g/mol. The molecule has 1 aliphatic carbocycles. The normalized spacial score (nSPS) is 13.2. The Kier molecular flexibility index (Phi) is 5.05. The lowest BCUT2D eigenvalue weighted by Crippen LogP contribution is -2.30. The predicted molar refractivity (Wildman–Crippen MR) is 122 cm³/mol. The molecule has 30 heavy (non-hydrogen) atoms. The average Bonchev–Trinajstić information content (AvgIpc) is 3.23. The number of hydrogen-bond acceptors (Lipinski definition) is 4. The number of benzene rings is 2. The molecule has 0 radical (unpaired) electrons. The number of nitrogens with zero attached hydrogens (tertiary/aromatic N) is 3. The summed E-state index contributed by atoms with van der Waals surface area (Å²) in [5.74, 6) is -0.0102. The fraction of sp³-hybridized carbons (Fsp3) is 0.240. The van der Waals surface area contributed by atoms with Crippen molar-refractivity contribution in [1.82, 2.24) is 9.97 Å². The highest BCUT2D eigenvalue weighted by atomic mass is 32.1. The van der Waals surface area contributed by atoms with Gasteiger partial charge in [-0.15, -0.1) is 0 Å². The van der Waals surface area contributed by atoms with Crippen LogP contribution in [0, 0.1) is 6.92 Å². The standard InChI is InChI=1S/C25H23N3OS/c1-17-6-4-10-22-23(17)27-25(30-22)28(16-18-7-5-13-26-15-18)24(29)21-12-11-19-8-2-3-9-20(19)14-21/h4-7,10-15H,2-3,8-9,16H2,1H3. The summed E-state index contributed by atoms with van der Waals surface area (Å²) in [6, 6.07) is 16.3.